The molecule has 1 aliphatic rings. The van der Waals surface area contributed by atoms with Crippen LogP contribution < -0.4 is 0 Å². The van der Waals surface area contributed by atoms with Crippen molar-refractivity contribution in [2.75, 3.05) is 27.4 Å². The number of hydrogen-bond acceptors (Lipinski definition) is 4. The molecule has 1 aliphatic heterocycles. The van der Waals surface area contributed by atoms with Gasteiger partial charge >= 0.3 is 0 Å². The van der Waals surface area contributed by atoms with Gasteiger partial charge in [0.05, 0.1) is 31.6 Å². The summed E-state index contributed by atoms with van der Waals surface area (Å²) in [4.78, 5) is 14.5. The van der Waals surface area contributed by atoms with Gasteiger partial charge in [0.15, 0.2) is 5.76 Å². The van der Waals surface area contributed by atoms with Gasteiger partial charge in [-0.3, -0.25) is 4.79 Å². The zero-order chi connectivity index (χ0) is 13.8. The molecule has 2 atom stereocenters. The zero-order valence-corrected chi connectivity index (χ0v) is 11.7. The molecule has 5 nitrogen and oxygen atoms in total. The van der Waals surface area contributed by atoms with Crippen molar-refractivity contribution in [1.29, 1.82) is 0 Å². The Bertz CT molecular complexity index is 415. The molecule has 1 aromatic rings. The fourth-order valence-electron chi connectivity index (χ4n) is 2.71. The SMILES string of the molecule is COC[C@@H]1CC[C@@H](COC)N1C(=O)c1occc1C. The molecule has 0 radical (unpaired) electrons. The number of methoxy groups -OCH3 is 2. The summed E-state index contributed by atoms with van der Waals surface area (Å²) < 4.78 is 15.7. The molecule has 1 fully saturated rings. The molecule has 19 heavy (non-hydrogen) atoms. The first kappa shape index (κ1) is 14.1. The lowest BCUT2D eigenvalue weighted by atomic mass is 10.2. The first-order chi connectivity index (χ1) is 9.19. The van der Waals surface area contributed by atoms with Crippen LogP contribution in [-0.2, 0) is 9.47 Å². The first-order valence-corrected chi connectivity index (χ1v) is 6.53. The van der Waals surface area contributed by atoms with Crippen molar-refractivity contribution < 1.29 is 18.7 Å². The van der Waals surface area contributed by atoms with E-state index in [-0.39, 0.29) is 18.0 Å². The van der Waals surface area contributed by atoms with Crippen molar-refractivity contribution in [1.82, 2.24) is 4.90 Å². The lowest BCUT2D eigenvalue weighted by Gasteiger charge is -2.29. The number of carbonyl (C=O) groups excluding carboxylic acids is 1. The quantitative estimate of drug-likeness (QED) is 0.817. The minimum absolute atomic E-state index is 0.0656. The number of rotatable bonds is 5. The largest absolute Gasteiger partial charge is 0.459 e. The van der Waals surface area contributed by atoms with Gasteiger partial charge in [0, 0.05) is 19.8 Å². The molecule has 0 N–H and O–H groups in total. The predicted molar refractivity (Wildman–Crippen MR) is 70.2 cm³/mol. The molecule has 0 spiro atoms. The van der Waals surface area contributed by atoms with E-state index < -0.39 is 0 Å². The van der Waals surface area contributed by atoms with Gasteiger partial charge in [-0.1, -0.05) is 0 Å². The summed E-state index contributed by atoms with van der Waals surface area (Å²) in [5.74, 6) is 0.355. The number of likely N-dealkylation sites (tertiary alicyclic amines) is 1. The van der Waals surface area contributed by atoms with E-state index in [1.807, 2.05) is 11.8 Å². The first-order valence-electron chi connectivity index (χ1n) is 6.53. The van der Waals surface area contributed by atoms with Gasteiger partial charge in [0.1, 0.15) is 0 Å². The van der Waals surface area contributed by atoms with Crippen molar-refractivity contribution in [3.63, 3.8) is 0 Å². The maximum atomic E-state index is 12.6. The second-order valence-electron chi connectivity index (χ2n) is 4.94. The minimum atomic E-state index is -0.0656. The number of nitrogens with zero attached hydrogens (tertiary/aromatic N) is 1. The number of amides is 1. The maximum Gasteiger partial charge on any atom is 0.290 e. The van der Waals surface area contributed by atoms with Crippen LogP contribution in [0.1, 0.15) is 29.0 Å². The van der Waals surface area contributed by atoms with E-state index in [0.717, 1.165) is 18.4 Å². The van der Waals surface area contributed by atoms with E-state index in [1.54, 1.807) is 26.5 Å². The highest BCUT2D eigenvalue weighted by Gasteiger charge is 2.38. The molecule has 1 amide bonds. The lowest BCUT2D eigenvalue weighted by molar-refractivity contribution is 0.0393. The van der Waals surface area contributed by atoms with Crippen molar-refractivity contribution in [2.45, 2.75) is 31.8 Å². The Hall–Kier alpha value is -1.33. The standard InChI is InChI=1S/C14H21NO4/c1-10-6-7-19-13(10)14(16)15-11(8-17-2)4-5-12(15)9-18-3/h6-7,11-12H,4-5,8-9H2,1-3H3/t11-,12-/m0/s1. The molecule has 1 saturated heterocycles. The molecule has 2 rings (SSSR count). The van der Waals surface area contributed by atoms with Crippen LogP contribution in [0.15, 0.2) is 16.7 Å². The average Bonchev–Trinajstić information content (AvgIpc) is 2.97. The highest BCUT2D eigenvalue weighted by Crippen LogP contribution is 2.27. The smallest absolute Gasteiger partial charge is 0.290 e. The van der Waals surface area contributed by atoms with Crippen molar-refractivity contribution in [2.24, 2.45) is 0 Å². The molecule has 0 bridgehead atoms. The molecule has 106 valence electrons. The Labute approximate surface area is 113 Å². The summed E-state index contributed by atoms with van der Waals surface area (Å²) >= 11 is 0. The van der Waals surface area contributed by atoms with Gasteiger partial charge in [-0.2, -0.15) is 0 Å². The van der Waals surface area contributed by atoms with Crippen LogP contribution in [0.2, 0.25) is 0 Å². The van der Waals surface area contributed by atoms with Crippen LogP contribution in [0.3, 0.4) is 0 Å². The monoisotopic (exact) mass is 267 g/mol. The van der Waals surface area contributed by atoms with Crippen LogP contribution in [0.5, 0.6) is 0 Å². The molecule has 0 aromatic carbocycles. The van der Waals surface area contributed by atoms with E-state index in [4.69, 9.17) is 13.9 Å². The van der Waals surface area contributed by atoms with E-state index in [1.165, 1.54) is 0 Å². The van der Waals surface area contributed by atoms with Gasteiger partial charge in [0.25, 0.3) is 5.91 Å². The van der Waals surface area contributed by atoms with Gasteiger partial charge < -0.3 is 18.8 Å². The van der Waals surface area contributed by atoms with Gasteiger partial charge in [-0.15, -0.1) is 0 Å². The van der Waals surface area contributed by atoms with Gasteiger partial charge in [-0.25, -0.2) is 0 Å². The summed E-state index contributed by atoms with van der Waals surface area (Å²) in [6.07, 6.45) is 3.43. The highest BCUT2D eigenvalue weighted by molar-refractivity contribution is 5.93. The molecule has 2 heterocycles. The van der Waals surface area contributed by atoms with E-state index >= 15 is 0 Å². The minimum Gasteiger partial charge on any atom is -0.459 e. The summed E-state index contributed by atoms with van der Waals surface area (Å²) in [6.45, 7) is 2.97. The normalized spacial score (nSPS) is 23.0. The van der Waals surface area contributed by atoms with Crippen LogP contribution in [0.25, 0.3) is 0 Å². The number of carbonyl (C=O) groups is 1. The highest BCUT2D eigenvalue weighted by atomic mass is 16.5. The van der Waals surface area contributed by atoms with Crippen LogP contribution in [-0.4, -0.2) is 50.3 Å². The molecule has 0 saturated carbocycles. The van der Waals surface area contributed by atoms with Crippen LogP contribution in [0, 0.1) is 6.92 Å². The second-order valence-corrected chi connectivity index (χ2v) is 4.94. The topological polar surface area (TPSA) is 51.9 Å². The van der Waals surface area contributed by atoms with Gasteiger partial charge in [-0.05, 0) is 25.8 Å². The molecule has 1 aromatic heterocycles. The van der Waals surface area contributed by atoms with E-state index in [0.29, 0.717) is 19.0 Å². The third-order valence-electron chi connectivity index (χ3n) is 3.63. The summed E-state index contributed by atoms with van der Waals surface area (Å²) in [6, 6.07) is 2.00. The molecular formula is C14H21NO4. The molecule has 0 aliphatic carbocycles. The lowest BCUT2D eigenvalue weighted by Crippen LogP contribution is -2.45. The fraction of sp³-hybridized carbons (Fsp3) is 0.643. The van der Waals surface area contributed by atoms with Gasteiger partial charge in [0.2, 0.25) is 0 Å². The summed E-state index contributed by atoms with van der Waals surface area (Å²) in [7, 11) is 3.31. The number of hydrogen-bond donors (Lipinski definition) is 0. The second kappa shape index (κ2) is 6.21. The van der Waals surface area contributed by atoms with Crippen molar-refractivity contribution in [3.8, 4) is 0 Å². The Morgan fingerprint density at radius 2 is 1.89 bits per heavy atom. The Morgan fingerprint density at radius 1 is 1.32 bits per heavy atom. The Morgan fingerprint density at radius 3 is 2.32 bits per heavy atom. The Balaban J connectivity index is 2.20. The Kier molecular flexibility index (Phi) is 4.61. The van der Waals surface area contributed by atoms with Crippen molar-refractivity contribution >= 4 is 5.91 Å². The number of aryl methyl sites for hydroxylation is 1. The molecule has 5 heteroatoms. The average molecular weight is 267 g/mol. The van der Waals surface area contributed by atoms with E-state index in [2.05, 4.69) is 0 Å². The van der Waals surface area contributed by atoms with E-state index in [9.17, 15) is 4.79 Å². The fourth-order valence-corrected chi connectivity index (χ4v) is 2.71. The maximum absolute atomic E-state index is 12.6. The summed E-state index contributed by atoms with van der Waals surface area (Å²) in [5, 5.41) is 0. The van der Waals surface area contributed by atoms with Crippen LogP contribution >= 0.6 is 0 Å². The summed E-state index contributed by atoms with van der Waals surface area (Å²) in [5.41, 5.74) is 0.865. The number of furan rings is 1. The van der Waals surface area contributed by atoms with Crippen molar-refractivity contribution in [3.05, 3.63) is 23.7 Å². The molecule has 0 unspecified atom stereocenters. The predicted octanol–water partition coefficient (Wildman–Crippen LogP) is 1.85. The number of ether oxygens (including phenoxy) is 2. The molecular weight excluding hydrogens is 246 g/mol. The third-order valence-corrected chi connectivity index (χ3v) is 3.63. The third kappa shape index (κ3) is 2.82. The van der Waals surface area contributed by atoms with Crippen LogP contribution in [0.4, 0.5) is 0 Å². The zero-order valence-electron chi connectivity index (χ0n) is 11.7.